The van der Waals surface area contributed by atoms with E-state index >= 15 is 0 Å². The zero-order valence-electron chi connectivity index (χ0n) is 10.0. The van der Waals surface area contributed by atoms with E-state index in [9.17, 15) is 10.1 Å². The number of nitrogens with zero attached hydrogens (tertiary/aromatic N) is 3. The molecule has 1 saturated heterocycles. The molecule has 1 aliphatic heterocycles. The van der Waals surface area contributed by atoms with Gasteiger partial charge in [0.25, 0.3) is 0 Å². The van der Waals surface area contributed by atoms with Crippen molar-refractivity contribution in [2.45, 2.75) is 0 Å². The maximum atomic E-state index is 10.8. The SMILES string of the molecule is O=[N+]([O-])c1cnccc1NCCN1CCSCC1. The first-order valence-electron chi connectivity index (χ1n) is 5.90. The number of thioether (sulfide) groups is 1. The predicted molar refractivity (Wildman–Crippen MR) is 73.1 cm³/mol. The molecule has 0 radical (unpaired) electrons. The Labute approximate surface area is 110 Å². The van der Waals surface area contributed by atoms with E-state index in [4.69, 9.17) is 0 Å². The lowest BCUT2D eigenvalue weighted by atomic mass is 10.3. The van der Waals surface area contributed by atoms with Crippen molar-refractivity contribution < 1.29 is 4.92 Å². The molecule has 0 aliphatic carbocycles. The van der Waals surface area contributed by atoms with E-state index in [0.29, 0.717) is 5.69 Å². The van der Waals surface area contributed by atoms with Crippen molar-refractivity contribution in [3.63, 3.8) is 0 Å². The summed E-state index contributed by atoms with van der Waals surface area (Å²) < 4.78 is 0. The Morgan fingerprint density at radius 1 is 1.50 bits per heavy atom. The van der Waals surface area contributed by atoms with Crippen LogP contribution in [0.4, 0.5) is 11.4 Å². The van der Waals surface area contributed by atoms with Crippen LogP contribution < -0.4 is 5.32 Å². The van der Waals surface area contributed by atoms with E-state index in [0.717, 1.165) is 26.2 Å². The molecule has 1 fully saturated rings. The first kappa shape index (κ1) is 13.1. The second-order valence-corrected chi connectivity index (χ2v) is 5.26. The van der Waals surface area contributed by atoms with Gasteiger partial charge in [0.15, 0.2) is 0 Å². The van der Waals surface area contributed by atoms with Crippen LogP contribution in [0.25, 0.3) is 0 Å². The molecule has 18 heavy (non-hydrogen) atoms. The summed E-state index contributed by atoms with van der Waals surface area (Å²) in [5.74, 6) is 2.35. The normalized spacial score (nSPS) is 16.4. The third kappa shape index (κ3) is 3.58. The van der Waals surface area contributed by atoms with Gasteiger partial charge in [0, 0.05) is 43.9 Å². The first-order chi connectivity index (χ1) is 8.77. The van der Waals surface area contributed by atoms with Crippen molar-refractivity contribution in [1.29, 1.82) is 0 Å². The Hall–Kier alpha value is -1.34. The maximum Gasteiger partial charge on any atom is 0.310 e. The molecule has 0 atom stereocenters. The highest BCUT2D eigenvalue weighted by atomic mass is 32.2. The molecule has 2 heterocycles. The molecule has 0 unspecified atom stereocenters. The van der Waals surface area contributed by atoms with Crippen LogP contribution in [0.1, 0.15) is 0 Å². The highest BCUT2D eigenvalue weighted by Crippen LogP contribution is 2.21. The van der Waals surface area contributed by atoms with Crippen molar-refractivity contribution in [1.82, 2.24) is 9.88 Å². The zero-order chi connectivity index (χ0) is 12.8. The highest BCUT2D eigenvalue weighted by molar-refractivity contribution is 7.99. The molecule has 1 aliphatic rings. The minimum atomic E-state index is -0.410. The summed E-state index contributed by atoms with van der Waals surface area (Å²) in [7, 11) is 0. The van der Waals surface area contributed by atoms with Crippen molar-refractivity contribution in [3.05, 3.63) is 28.6 Å². The van der Waals surface area contributed by atoms with Gasteiger partial charge in [-0.1, -0.05) is 0 Å². The topological polar surface area (TPSA) is 71.3 Å². The molecule has 0 amide bonds. The number of rotatable bonds is 5. The number of hydrogen-bond donors (Lipinski definition) is 1. The second kappa shape index (κ2) is 6.55. The van der Waals surface area contributed by atoms with Crippen molar-refractivity contribution >= 4 is 23.1 Å². The second-order valence-electron chi connectivity index (χ2n) is 4.03. The van der Waals surface area contributed by atoms with E-state index in [2.05, 4.69) is 15.2 Å². The van der Waals surface area contributed by atoms with E-state index < -0.39 is 4.92 Å². The summed E-state index contributed by atoms with van der Waals surface area (Å²) in [5.41, 5.74) is 0.577. The maximum absolute atomic E-state index is 10.8. The van der Waals surface area contributed by atoms with Gasteiger partial charge in [-0.3, -0.25) is 20.0 Å². The molecular weight excluding hydrogens is 252 g/mol. The van der Waals surface area contributed by atoms with Gasteiger partial charge in [0.05, 0.1) is 4.92 Å². The Kier molecular flexibility index (Phi) is 4.77. The Morgan fingerprint density at radius 2 is 2.28 bits per heavy atom. The van der Waals surface area contributed by atoms with E-state index in [1.165, 1.54) is 17.7 Å². The molecule has 0 bridgehead atoms. The number of aromatic nitrogens is 1. The van der Waals surface area contributed by atoms with Crippen LogP contribution in [0.15, 0.2) is 18.5 Å². The molecular formula is C11H16N4O2S. The summed E-state index contributed by atoms with van der Waals surface area (Å²) >= 11 is 1.98. The molecule has 0 spiro atoms. The molecule has 6 nitrogen and oxygen atoms in total. The summed E-state index contributed by atoms with van der Waals surface area (Å²) in [6.07, 6.45) is 2.84. The standard InChI is InChI=1S/C11H16N4O2S/c16-15(17)11-9-12-2-1-10(11)13-3-4-14-5-7-18-8-6-14/h1-2,9H,3-8H2,(H,12,13). The van der Waals surface area contributed by atoms with E-state index in [1.54, 1.807) is 12.3 Å². The Balaban J connectivity index is 1.84. The molecule has 2 rings (SSSR count). The van der Waals surface area contributed by atoms with E-state index in [1.807, 2.05) is 11.8 Å². The van der Waals surface area contributed by atoms with Gasteiger partial charge < -0.3 is 5.32 Å². The lowest BCUT2D eigenvalue weighted by molar-refractivity contribution is -0.384. The molecule has 1 aromatic heterocycles. The van der Waals surface area contributed by atoms with Crippen LogP contribution in [0.3, 0.4) is 0 Å². The van der Waals surface area contributed by atoms with E-state index in [-0.39, 0.29) is 5.69 Å². The average Bonchev–Trinajstić information content (AvgIpc) is 2.40. The van der Waals surface area contributed by atoms with Gasteiger partial charge in [-0.05, 0) is 6.07 Å². The fraction of sp³-hybridized carbons (Fsp3) is 0.545. The van der Waals surface area contributed by atoms with Gasteiger partial charge in [0.2, 0.25) is 0 Å². The molecule has 1 aromatic rings. The van der Waals surface area contributed by atoms with Crippen LogP contribution in [0.2, 0.25) is 0 Å². The molecule has 0 saturated carbocycles. The van der Waals surface area contributed by atoms with Gasteiger partial charge >= 0.3 is 5.69 Å². The van der Waals surface area contributed by atoms with Crippen LogP contribution in [0, 0.1) is 10.1 Å². The number of pyridine rings is 1. The average molecular weight is 268 g/mol. The van der Waals surface area contributed by atoms with Crippen LogP contribution in [-0.4, -0.2) is 52.5 Å². The Morgan fingerprint density at radius 3 is 3.00 bits per heavy atom. The van der Waals surface area contributed by atoms with Gasteiger partial charge in [-0.2, -0.15) is 11.8 Å². The summed E-state index contributed by atoms with van der Waals surface area (Å²) in [6.45, 7) is 3.84. The Bertz CT molecular complexity index is 410. The third-order valence-corrected chi connectivity index (χ3v) is 3.79. The third-order valence-electron chi connectivity index (χ3n) is 2.84. The summed E-state index contributed by atoms with van der Waals surface area (Å²) in [4.78, 5) is 16.5. The van der Waals surface area contributed by atoms with Crippen molar-refractivity contribution in [3.8, 4) is 0 Å². The molecule has 7 heteroatoms. The predicted octanol–water partition coefficient (Wildman–Crippen LogP) is 1.45. The number of nitro groups is 1. The summed E-state index contributed by atoms with van der Waals surface area (Å²) in [5, 5.41) is 13.9. The molecule has 0 aromatic carbocycles. The number of anilines is 1. The first-order valence-corrected chi connectivity index (χ1v) is 7.05. The fourth-order valence-electron chi connectivity index (χ4n) is 1.85. The number of nitrogens with one attached hydrogen (secondary N) is 1. The monoisotopic (exact) mass is 268 g/mol. The fourth-order valence-corrected chi connectivity index (χ4v) is 2.83. The quantitative estimate of drug-likeness (QED) is 0.644. The molecule has 98 valence electrons. The highest BCUT2D eigenvalue weighted by Gasteiger charge is 2.14. The van der Waals surface area contributed by atoms with Crippen LogP contribution in [-0.2, 0) is 0 Å². The minimum absolute atomic E-state index is 0.0340. The van der Waals surface area contributed by atoms with Crippen molar-refractivity contribution in [2.75, 3.05) is 43.0 Å². The number of hydrogen-bond acceptors (Lipinski definition) is 6. The van der Waals surface area contributed by atoms with Crippen LogP contribution in [0.5, 0.6) is 0 Å². The zero-order valence-corrected chi connectivity index (χ0v) is 10.9. The van der Waals surface area contributed by atoms with Crippen LogP contribution >= 0.6 is 11.8 Å². The van der Waals surface area contributed by atoms with Crippen molar-refractivity contribution in [2.24, 2.45) is 0 Å². The smallest absolute Gasteiger partial charge is 0.310 e. The summed E-state index contributed by atoms with van der Waals surface area (Å²) in [6, 6.07) is 1.64. The van der Waals surface area contributed by atoms with Gasteiger partial charge in [-0.25, -0.2) is 0 Å². The van der Waals surface area contributed by atoms with Gasteiger partial charge in [0.1, 0.15) is 11.9 Å². The molecule has 1 N–H and O–H groups in total. The van der Waals surface area contributed by atoms with Gasteiger partial charge in [-0.15, -0.1) is 0 Å². The lowest BCUT2D eigenvalue weighted by Gasteiger charge is -2.26. The largest absolute Gasteiger partial charge is 0.378 e. The lowest BCUT2D eigenvalue weighted by Crippen LogP contribution is -2.36. The minimum Gasteiger partial charge on any atom is -0.378 e.